The molecule has 0 aromatic heterocycles. The summed E-state index contributed by atoms with van der Waals surface area (Å²) in [6, 6.07) is 4.86. The number of rotatable bonds is 2. The topological polar surface area (TPSA) is 92.5 Å². The summed E-state index contributed by atoms with van der Waals surface area (Å²) in [6.07, 6.45) is 0.429. The Bertz CT molecular complexity index is 597. The number of fused-ring (bicyclic) bond motifs is 1. The van der Waals surface area contributed by atoms with Crippen LogP contribution in [0.1, 0.15) is 27.1 Å². The highest BCUT2D eigenvalue weighted by Gasteiger charge is 2.32. The SMILES string of the molecule is NCC1CC(=O)N(c2ccc3c(c2)C(=O)NC3=O)C1. The number of nitrogens with one attached hydrogen (secondary N) is 1. The number of nitrogens with two attached hydrogens (primary N) is 1. The second-order valence-electron chi connectivity index (χ2n) is 4.82. The average Bonchev–Trinajstić information content (AvgIpc) is 2.91. The van der Waals surface area contributed by atoms with Crippen molar-refractivity contribution in [3.63, 3.8) is 0 Å². The number of carbonyl (C=O) groups excluding carboxylic acids is 3. The van der Waals surface area contributed by atoms with Crippen molar-refractivity contribution in [3.05, 3.63) is 29.3 Å². The van der Waals surface area contributed by atoms with Crippen LogP contribution in [0.15, 0.2) is 18.2 Å². The van der Waals surface area contributed by atoms with Gasteiger partial charge in [-0.2, -0.15) is 0 Å². The monoisotopic (exact) mass is 259 g/mol. The van der Waals surface area contributed by atoms with Crippen LogP contribution in [0.2, 0.25) is 0 Å². The smallest absolute Gasteiger partial charge is 0.259 e. The van der Waals surface area contributed by atoms with Crippen molar-refractivity contribution in [2.75, 3.05) is 18.0 Å². The summed E-state index contributed by atoms with van der Waals surface area (Å²) in [7, 11) is 0. The standard InChI is InChI=1S/C13H13N3O3/c14-5-7-3-11(17)16(6-7)8-1-2-9-10(4-8)13(19)15-12(9)18/h1-2,4,7H,3,5-6,14H2,(H,15,18,19). The summed E-state index contributed by atoms with van der Waals surface area (Å²) >= 11 is 0. The fourth-order valence-corrected chi connectivity index (χ4v) is 2.51. The number of imide groups is 1. The minimum absolute atomic E-state index is 0.000122. The highest BCUT2D eigenvalue weighted by atomic mass is 16.2. The molecule has 1 saturated heterocycles. The third-order valence-electron chi connectivity index (χ3n) is 3.57. The van der Waals surface area contributed by atoms with Crippen molar-refractivity contribution in [2.45, 2.75) is 6.42 Å². The lowest BCUT2D eigenvalue weighted by molar-refractivity contribution is -0.117. The van der Waals surface area contributed by atoms with Crippen LogP contribution in [0, 0.1) is 5.92 Å². The lowest BCUT2D eigenvalue weighted by Crippen LogP contribution is -2.26. The summed E-state index contributed by atoms with van der Waals surface area (Å²) in [5.74, 6) is -0.653. The van der Waals surface area contributed by atoms with Gasteiger partial charge in [0.2, 0.25) is 5.91 Å². The molecule has 2 aliphatic heterocycles. The van der Waals surface area contributed by atoms with E-state index in [0.717, 1.165) is 0 Å². The summed E-state index contributed by atoms with van der Waals surface area (Å²) < 4.78 is 0. The number of hydrogen-bond donors (Lipinski definition) is 2. The first-order chi connectivity index (χ1) is 9.10. The maximum absolute atomic E-state index is 11.9. The third-order valence-corrected chi connectivity index (χ3v) is 3.57. The average molecular weight is 259 g/mol. The number of nitrogens with zero attached hydrogens (tertiary/aromatic N) is 1. The van der Waals surface area contributed by atoms with E-state index in [0.29, 0.717) is 36.3 Å². The molecular weight excluding hydrogens is 246 g/mol. The molecule has 0 spiro atoms. The third kappa shape index (κ3) is 1.80. The minimum atomic E-state index is -0.413. The number of carbonyl (C=O) groups is 3. The van der Waals surface area contributed by atoms with E-state index in [4.69, 9.17) is 5.73 Å². The van der Waals surface area contributed by atoms with Crippen LogP contribution in [0.5, 0.6) is 0 Å². The molecule has 2 aliphatic rings. The Labute approximate surface area is 109 Å². The van der Waals surface area contributed by atoms with Gasteiger partial charge in [-0.05, 0) is 30.7 Å². The number of benzene rings is 1. The Hall–Kier alpha value is -2.21. The zero-order valence-corrected chi connectivity index (χ0v) is 10.2. The van der Waals surface area contributed by atoms with Gasteiger partial charge in [-0.1, -0.05) is 0 Å². The molecule has 1 unspecified atom stereocenters. The molecule has 6 heteroatoms. The second kappa shape index (κ2) is 4.17. The molecule has 1 aromatic carbocycles. The Kier molecular flexibility index (Phi) is 2.60. The van der Waals surface area contributed by atoms with Crippen molar-refractivity contribution in [1.82, 2.24) is 5.32 Å². The minimum Gasteiger partial charge on any atom is -0.330 e. The summed E-state index contributed by atoms with van der Waals surface area (Å²) in [4.78, 5) is 36.5. The van der Waals surface area contributed by atoms with E-state index in [2.05, 4.69) is 5.32 Å². The molecule has 0 radical (unpaired) electrons. The van der Waals surface area contributed by atoms with Gasteiger partial charge in [0.1, 0.15) is 0 Å². The highest BCUT2D eigenvalue weighted by molar-refractivity contribution is 6.22. The maximum atomic E-state index is 11.9. The van der Waals surface area contributed by atoms with Crippen molar-refractivity contribution in [2.24, 2.45) is 11.7 Å². The first kappa shape index (κ1) is 11.9. The van der Waals surface area contributed by atoms with Crippen LogP contribution < -0.4 is 16.0 Å². The van der Waals surface area contributed by atoms with E-state index in [1.54, 1.807) is 23.1 Å². The fraction of sp³-hybridized carbons (Fsp3) is 0.308. The van der Waals surface area contributed by atoms with Gasteiger partial charge in [0.25, 0.3) is 11.8 Å². The van der Waals surface area contributed by atoms with E-state index in [1.807, 2.05) is 0 Å². The van der Waals surface area contributed by atoms with Crippen molar-refractivity contribution in [3.8, 4) is 0 Å². The maximum Gasteiger partial charge on any atom is 0.259 e. The summed E-state index contributed by atoms with van der Waals surface area (Å²) in [5.41, 5.74) is 6.90. The molecule has 1 atom stereocenters. The van der Waals surface area contributed by atoms with Gasteiger partial charge in [0, 0.05) is 18.7 Å². The first-order valence-electron chi connectivity index (χ1n) is 6.10. The molecule has 19 heavy (non-hydrogen) atoms. The summed E-state index contributed by atoms with van der Waals surface area (Å²) in [5, 5.41) is 2.23. The molecule has 0 aliphatic carbocycles. The van der Waals surface area contributed by atoms with Crippen LogP contribution in [-0.4, -0.2) is 30.8 Å². The predicted molar refractivity (Wildman–Crippen MR) is 67.8 cm³/mol. The zero-order chi connectivity index (χ0) is 13.6. The van der Waals surface area contributed by atoms with Crippen LogP contribution >= 0.6 is 0 Å². The number of anilines is 1. The quantitative estimate of drug-likeness (QED) is 0.724. The van der Waals surface area contributed by atoms with E-state index in [9.17, 15) is 14.4 Å². The van der Waals surface area contributed by atoms with Gasteiger partial charge in [0.05, 0.1) is 11.1 Å². The van der Waals surface area contributed by atoms with Crippen LogP contribution in [0.25, 0.3) is 0 Å². The van der Waals surface area contributed by atoms with Crippen molar-refractivity contribution >= 4 is 23.4 Å². The van der Waals surface area contributed by atoms with Gasteiger partial charge in [-0.3, -0.25) is 19.7 Å². The number of amides is 3. The van der Waals surface area contributed by atoms with Gasteiger partial charge < -0.3 is 10.6 Å². The second-order valence-corrected chi connectivity index (χ2v) is 4.82. The fourth-order valence-electron chi connectivity index (χ4n) is 2.51. The van der Waals surface area contributed by atoms with Gasteiger partial charge >= 0.3 is 0 Å². The van der Waals surface area contributed by atoms with E-state index < -0.39 is 5.91 Å². The molecule has 0 saturated carbocycles. The lowest BCUT2D eigenvalue weighted by atomic mass is 10.1. The molecule has 0 bridgehead atoms. The highest BCUT2D eigenvalue weighted by Crippen LogP contribution is 2.28. The zero-order valence-electron chi connectivity index (χ0n) is 10.2. The molecule has 3 amide bonds. The van der Waals surface area contributed by atoms with Crippen LogP contribution in [0.3, 0.4) is 0 Å². The van der Waals surface area contributed by atoms with Gasteiger partial charge in [0.15, 0.2) is 0 Å². The van der Waals surface area contributed by atoms with Crippen molar-refractivity contribution in [1.29, 1.82) is 0 Å². The molecule has 2 heterocycles. The molecule has 3 N–H and O–H groups in total. The lowest BCUT2D eigenvalue weighted by Gasteiger charge is -2.17. The molecule has 3 rings (SSSR count). The Morgan fingerprint density at radius 1 is 1.21 bits per heavy atom. The normalized spacial score (nSPS) is 21.8. The molecular formula is C13H13N3O3. The predicted octanol–water partition coefficient (Wildman–Crippen LogP) is -0.118. The summed E-state index contributed by atoms with van der Waals surface area (Å²) in [6.45, 7) is 1.02. The van der Waals surface area contributed by atoms with E-state index >= 15 is 0 Å². The van der Waals surface area contributed by atoms with Gasteiger partial charge in [-0.25, -0.2) is 0 Å². The largest absolute Gasteiger partial charge is 0.330 e. The van der Waals surface area contributed by atoms with Gasteiger partial charge in [-0.15, -0.1) is 0 Å². The molecule has 6 nitrogen and oxygen atoms in total. The van der Waals surface area contributed by atoms with Crippen LogP contribution in [-0.2, 0) is 4.79 Å². The molecule has 98 valence electrons. The molecule has 1 aromatic rings. The van der Waals surface area contributed by atoms with E-state index in [1.165, 1.54) is 0 Å². The Morgan fingerprint density at radius 3 is 2.63 bits per heavy atom. The van der Waals surface area contributed by atoms with Crippen molar-refractivity contribution < 1.29 is 14.4 Å². The van der Waals surface area contributed by atoms with E-state index in [-0.39, 0.29) is 17.7 Å². The van der Waals surface area contributed by atoms with Crippen LogP contribution in [0.4, 0.5) is 5.69 Å². The Morgan fingerprint density at radius 2 is 1.95 bits per heavy atom. The molecule has 1 fully saturated rings. The Balaban J connectivity index is 1.96. The number of hydrogen-bond acceptors (Lipinski definition) is 4. The first-order valence-corrected chi connectivity index (χ1v) is 6.10.